The molecule has 0 aliphatic rings. The monoisotopic (exact) mass is 263 g/mol. The summed E-state index contributed by atoms with van der Waals surface area (Å²) >= 11 is 0. The molecular weight excluding hydrogens is 234 g/mol. The van der Waals surface area contributed by atoms with E-state index in [0.717, 1.165) is 25.3 Å². The van der Waals surface area contributed by atoms with Crippen molar-refractivity contribution in [1.82, 2.24) is 15.0 Å². The maximum Gasteiger partial charge on any atom is 0.0725 e. The van der Waals surface area contributed by atoms with E-state index in [-0.39, 0.29) is 0 Å². The van der Waals surface area contributed by atoms with Crippen LogP contribution in [0.3, 0.4) is 0 Å². The molecule has 108 valence electrons. The van der Waals surface area contributed by atoms with E-state index in [0.29, 0.717) is 0 Å². The Morgan fingerprint density at radius 3 is 2.74 bits per heavy atom. The third-order valence-corrected chi connectivity index (χ3v) is 3.41. The van der Waals surface area contributed by atoms with Gasteiger partial charge in [0, 0.05) is 6.54 Å². The van der Waals surface area contributed by atoms with E-state index < -0.39 is 0 Å². The highest BCUT2D eigenvalue weighted by Crippen LogP contribution is 2.11. The summed E-state index contributed by atoms with van der Waals surface area (Å²) in [6, 6.07) is 0. The first-order valence-corrected chi connectivity index (χ1v) is 7.72. The molecule has 0 atom stereocenters. The van der Waals surface area contributed by atoms with Crippen molar-refractivity contribution in [3.05, 3.63) is 24.0 Å². The fourth-order valence-corrected chi connectivity index (χ4v) is 2.24. The summed E-state index contributed by atoms with van der Waals surface area (Å²) in [7, 11) is 0. The molecule has 1 aromatic rings. The van der Waals surface area contributed by atoms with Crippen LogP contribution in [0.5, 0.6) is 0 Å². The van der Waals surface area contributed by atoms with Gasteiger partial charge in [0.05, 0.1) is 11.9 Å². The predicted octanol–water partition coefficient (Wildman–Crippen LogP) is 4.39. The predicted molar refractivity (Wildman–Crippen MR) is 81.1 cm³/mol. The molecule has 0 bridgehead atoms. The van der Waals surface area contributed by atoms with Gasteiger partial charge in [-0.15, -0.1) is 5.10 Å². The molecule has 3 nitrogen and oxygen atoms in total. The molecule has 0 saturated carbocycles. The summed E-state index contributed by atoms with van der Waals surface area (Å²) in [6.07, 6.45) is 15.0. The van der Waals surface area contributed by atoms with E-state index in [4.69, 9.17) is 0 Å². The molecule has 1 rings (SSSR count). The van der Waals surface area contributed by atoms with Gasteiger partial charge in [-0.3, -0.25) is 0 Å². The van der Waals surface area contributed by atoms with Crippen LogP contribution in [0.1, 0.15) is 65.0 Å². The maximum atomic E-state index is 4.16. The van der Waals surface area contributed by atoms with Crippen molar-refractivity contribution in [3.63, 3.8) is 0 Å². The quantitative estimate of drug-likeness (QED) is 0.463. The average molecular weight is 263 g/mol. The summed E-state index contributed by atoms with van der Waals surface area (Å²) in [4.78, 5) is 0. The van der Waals surface area contributed by atoms with E-state index >= 15 is 0 Å². The van der Waals surface area contributed by atoms with Crippen LogP contribution in [-0.4, -0.2) is 15.0 Å². The van der Waals surface area contributed by atoms with Gasteiger partial charge in [-0.05, 0) is 32.1 Å². The molecule has 0 unspecified atom stereocenters. The highest BCUT2D eigenvalue weighted by atomic mass is 15.4. The zero-order valence-electron chi connectivity index (χ0n) is 12.8. The Hall–Kier alpha value is -1.12. The van der Waals surface area contributed by atoms with Gasteiger partial charge in [-0.25, -0.2) is 4.68 Å². The van der Waals surface area contributed by atoms with Crippen LogP contribution in [0.15, 0.2) is 18.3 Å². The molecule has 0 aliphatic carbocycles. The zero-order valence-corrected chi connectivity index (χ0v) is 12.8. The van der Waals surface area contributed by atoms with Crippen molar-refractivity contribution in [2.24, 2.45) is 5.92 Å². The number of hydrogen-bond donors (Lipinski definition) is 0. The second kappa shape index (κ2) is 9.76. The highest BCUT2D eigenvalue weighted by Gasteiger charge is 2.03. The highest BCUT2D eigenvalue weighted by molar-refractivity contribution is 4.94. The Labute approximate surface area is 118 Å². The molecule has 1 aromatic heterocycles. The topological polar surface area (TPSA) is 30.7 Å². The van der Waals surface area contributed by atoms with Crippen LogP contribution in [-0.2, 0) is 13.0 Å². The van der Waals surface area contributed by atoms with Crippen molar-refractivity contribution in [2.45, 2.75) is 72.3 Å². The number of nitrogens with zero attached hydrogens (tertiary/aromatic N) is 3. The third-order valence-electron chi connectivity index (χ3n) is 3.41. The van der Waals surface area contributed by atoms with Crippen molar-refractivity contribution in [3.8, 4) is 0 Å². The minimum absolute atomic E-state index is 0.845. The fraction of sp³-hybridized carbons (Fsp3) is 0.750. The Morgan fingerprint density at radius 1 is 1.21 bits per heavy atom. The first-order valence-electron chi connectivity index (χ1n) is 7.72. The molecule has 0 spiro atoms. The molecule has 3 heteroatoms. The van der Waals surface area contributed by atoms with E-state index in [1.807, 2.05) is 10.9 Å². The summed E-state index contributed by atoms with van der Waals surface area (Å²) < 4.78 is 2.05. The smallest absolute Gasteiger partial charge is 0.0725 e. The molecule has 0 saturated heterocycles. The standard InChI is InChI=1S/C16H29N3/c1-4-5-10-13-19-16(14-17-18-19)12-9-7-6-8-11-15(2)3/h4-5,14-15H,6-13H2,1-3H3/b5-4+. The normalized spacial score (nSPS) is 11.8. The van der Waals surface area contributed by atoms with Gasteiger partial charge in [-0.2, -0.15) is 0 Å². The molecule has 0 radical (unpaired) electrons. The molecule has 0 aliphatic heterocycles. The van der Waals surface area contributed by atoms with Crippen molar-refractivity contribution < 1.29 is 0 Å². The van der Waals surface area contributed by atoms with Gasteiger partial charge in [0.2, 0.25) is 0 Å². The number of aryl methyl sites for hydroxylation is 2. The van der Waals surface area contributed by atoms with Crippen LogP contribution >= 0.6 is 0 Å². The molecule has 0 N–H and O–H groups in total. The number of unbranched alkanes of at least 4 members (excludes halogenated alkanes) is 3. The first kappa shape index (κ1) is 15.9. The average Bonchev–Trinajstić information content (AvgIpc) is 2.81. The van der Waals surface area contributed by atoms with E-state index in [9.17, 15) is 0 Å². The minimum atomic E-state index is 0.845. The third kappa shape index (κ3) is 7.14. The van der Waals surface area contributed by atoms with Gasteiger partial charge in [-0.1, -0.05) is 56.9 Å². The van der Waals surface area contributed by atoms with Crippen LogP contribution in [0, 0.1) is 5.92 Å². The van der Waals surface area contributed by atoms with Crippen LogP contribution < -0.4 is 0 Å². The van der Waals surface area contributed by atoms with Crippen molar-refractivity contribution in [2.75, 3.05) is 0 Å². The molecule has 0 amide bonds. The SMILES string of the molecule is C/C=C/CCn1nncc1CCCCCCC(C)C. The lowest BCUT2D eigenvalue weighted by atomic mass is 10.0. The largest absolute Gasteiger partial charge is 0.249 e. The molecule has 0 aromatic carbocycles. The van der Waals surface area contributed by atoms with Gasteiger partial charge < -0.3 is 0 Å². The lowest BCUT2D eigenvalue weighted by Crippen LogP contribution is -2.04. The number of allylic oxidation sites excluding steroid dienone is 2. The van der Waals surface area contributed by atoms with Gasteiger partial charge in [0.25, 0.3) is 0 Å². The summed E-state index contributed by atoms with van der Waals surface area (Å²) in [5.74, 6) is 0.845. The Bertz CT molecular complexity index is 353. The molecule has 0 fully saturated rings. The van der Waals surface area contributed by atoms with Gasteiger partial charge >= 0.3 is 0 Å². The van der Waals surface area contributed by atoms with Crippen LogP contribution in [0.4, 0.5) is 0 Å². The zero-order chi connectivity index (χ0) is 13.9. The maximum absolute atomic E-state index is 4.16. The summed E-state index contributed by atoms with van der Waals surface area (Å²) in [6.45, 7) is 7.61. The lowest BCUT2D eigenvalue weighted by molar-refractivity contribution is 0.512. The lowest BCUT2D eigenvalue weighted by Gasteiger charge is -2.06. The number of aromatic nitrogens is 3. The van der Waals surface area contributed by atoms with E-state index in [2.05, 4.69) is 43.2 Å². The summed E-state index contributed by atoms with van der Waals surface area (Å²) in [5, 5.41) is 8.19. The second-order valence-electron chi connectivity index (χ2n) is 5.65. The van der Waals surface area contributed by atoms with E-state index in [1.54, 1.807) is 0 Å². The number of hydrogen-bond acceptors (Lipinski definition) is 2. The van der Waals surface area contributed by atoms with Crippen molar-refractivity contribution in [1.29, 1.82) is 0 Å². The van der Waals surface area contributed by atoms with E-state index in [1.165, 1.54) is 37.8 Å². The molecular formula is C16H29N3. The summed E-state index contributed by atoms with van der Waals surface area (Å²) in [5.41, 5.74) is 1.29. The minimum Gasteiger partial charge on any atom is -0.249 e. The van der Waals surface area contributed by atoms with Crippen LogP contribution in [0.25, 0.3) is 0 Å². The second-order valence-corrected chi connectivity index (χ2v) is 5.65. The fourth-order valence-electron chi connectivity index (χ4n) is 2.24. The number of rotatable bonds is 10. The van der Waals surface area contributed by atoms with Crippen molar-refractivity contribution >= 4 is 0 Å². The Balaban J connectivity index is 2.16. The molecule has 1 heterocycles. The Morgan fingerprint density at radius 2 is 2.00 bits per heavy atom. The van der Waals surface area contributed by atoms with Gasteiger partial charge in [0.15, 0.2) is 0 Å². The Kier molecular flexibility index (Phi) is 8.19. The van der Waals surface area contributed by atoms with Gasteiger partial charge in [0.1, 0.15) is 0 Å². The molecule has 19 heavy (non-hydrogen) atoms. The first-order chi connectivity index (χ1) is 9.24. The van der Waals surface area contributed by atoms with Crippen LogP contribution in [0.2, 0.25) is 0 Å².